The standard InChI is InChI=1S/C33H49N5O8/c1-18-14-22-27(36-33(37(5)6)38(7)8)24(39)17-23(29(22)41)35-31(42)19(2)12-11-13-25(44-9)30(46-32(34)43)21(4)16-20(3)28(40)26(15-18)45-10/h11-13,16-18,20,25-26,28,30,40H,14-15H2,1-10H3,(H2,34,43)(H,35,42)/b13-11-,19-12+,21-16+/t18-,20+,25+,26+,28-,30+/m1/s1. The molecule has 6 atom stereocenters. The first-order valence-electron chi connectivity index (χ1n) is 15.0. The van der Waals surface area contributed by atoms with Crippen LogP contribution in [0.5, 0.6) is 0 Å². The molecule has 2 aliphatic rings. The summed E-state index contributed by atoms with van der Waals surface area (Å²) < 4.78 is 16.7. The van der Waals surface area contributed by atoms with Crippen molar-refractivity contribution in [3.05, 3.63) is 58.5 Å². The minimum absolute atomic E-state index is 0.0131. The molecule has 1 aliphatic carbocycles. The van der Waals surface area contributed by atoms with Crippen molar-refractivity contribution < 1.29 is 38.5 Å². The molecule has 2 rings (SSSR count). The number of carbonyl (C=O) groups excluding carboxylic acids is 4. The van der Waals surface area contributed by atoms with Crippen LogP contribution in [-0.2, 0) is 28.6 Å². The number of aliphatic imine (C=N–C) groups is 1. The number of nitrogens with zero attached hydrogens (tertiary/aromatic N) is 3. The van der Waals surface area contributed by atoms with E-state index in [2.05, 4.69) is 10.3 Å². The number of aliphatic hydroxyl groups excluding tert-OH is 1. The van der Waals surface area contributed by atoms with Crippen molar-refractivity contribution in [2.45, 2.75) is 65.0 Å². The Kier molecular flexibility index (Phi) is 14.1. The van der Waals surface area contributed by atoms with E-state index in [-0.39, 0.29) is 34.9 Å². The van der Waals surface area contributed by atoms with Crippen molar-refractivity contribution in [1.82, 2.24) is 15.1 Å². The molecular formula is C33H49N5O8. The van der Waals surface area contributed by atoms with Crippen LogP contribution >= 0.6 is 0 Å². The van der Waals surface area contributed by atoms with Gasteiger partial charge in [-0.3, -0.25) is 14.4 Å². The second kappa shape index (κ2) is 17.0. The molecule has 1 heterocycles. The van der Waals surface area contributed by atoms with E-state index < -0.39 is 53.9 Å². The number of rotatable bonds is 4. The van der Waals surface area contributed by atoms with Gasteiger partial charge in [-0.15, -0.1) is 0 Å². The molecule has 0 fully saturated rings. The molecule has 0 aromatic rings. The minimum atomic E-state index is -1.01. The van der Waals surface area contributed by atoms with E-state index in [1.165, 1.54) is 20.3 Å². The molecule has 0 spiro atoms. The average molecular weight is 644 g/mol. The van der Waals surface area contributed by atoms with Gasteiger partial charge in [0, 0.05) is 65.6 Å². The summed E-state index contributed by atoms with van der Waals surface area (Å²) in [5.41, 5.74) is 6.15. The van der Waals surface area contributed by atoms with Gasteiger partial charge in [-0.25, -0.2) is 9.79 Å². The van der Waals surface area contributed by atoms with E-state index in [1.807, 2.05) is 6.92 Å². The van der Waals surface area contributed by atoms with Crippen molar-refractivity contribution in [2.75, 3.05) is 42.4 Å². The Labute approximate surface area is 271 Å². The number of guanidine groups is 1. The molecule has 0 aromatic heterocycles. The van der Waals surface area contributed by atoms with E-state index in [0.717, 1.165) is 6.08 Å². The number of amides is 2. The van der Waals surface area contributed by atoms with Crippen LogP contribution in [0.25, 0.3) is 0 Å². The van der Waals surface area contributed by atoms with Crippen molar-refractivity contribution in [1.29, 1.82) is 0 Å². The summed E-state index contributed by atoms with van der Waals surface area (Å²) in [5, 5.41) is 13.9. The normalized spacial score (nSPS) is 29.8. The second-order valence-electron chi connectivity index (χ2n) is 12.1. The molecule has 2 bridgehead atoms. The molecule has 1 aliphatic heterocycles. The molecule has 13 heteroatoms. The first kappa shape index (κ1) is 38.1. The molecule has 2 amide bonds. The summed E-state index contributed by atoms with van der Waals surface area (Å²) in [6, 6.07) is 0. The van der Waals surface area contributed by atoms with Crippen molar-refractivity contribution >= 4 is 29.5 Å². The molecule has 0 saturated carbocycles. The molecule has 0 radical (unpaired) electrons. The summed E-state index contributed by atoms with van der Waals surface area (Å²) in [7, 11) is 10.0. The highest BCUT2D eigenvalue weighted by Crippen LogP contribution is 2.30. The Balaban J connectivity index is 2.73. The van der Waals surface area contributed by atoms with Gasteiger partial charge in [-0.2, -0.15) is 0 Å². The number of fused-ring (bicyclic) bond motifs is 2. The summed E-state index contributed by atoms with van der Waals surface area (Å²) >= 11 is 0. The topological polar surface area (TPSA) is 173 Å². The Bertz CT molecular complexity index is 1350. The van der Waals surface area contributed by atoms with Gasteiger partial charge in [0.25, 0.3) is 5.91 Å². The van der Waals surface area contributed by atoms with Crippen LogP contribution in [0.2, 0.25) is 0 Å². The number of Topliss-reactive ketones (excluding diaryl/α,β-unsaturated/α-hetero) is 1. The van der Waals surface area contributed by atoms with Gasteiger partial charge >= 0.3 is 6.09 Å². The highest BCUT2D eigenvalue weighted by atomic mass is 16.6. The van der Waals surface area contributed by atoms with Crippen LogP contribution in [0.4, 0.5) is 4.79 Å². The Hall–Kier alpha value is -4.07. The summed E-state index contributed by atoms with van der Waals surface area (Å²) in [4.78, 5) is 60.3. The molecule has 46 heavy (non-hydrogen) atoms. The second-order valence-corrected chi connectivity index (χ2v) is 12.1. The first-order valence-corrected chi connectivity index (χ1v) is 15.0. The van der Waals surface area contributed by atoms with Crippen LogP contribution in [0, 0.1) is 11.8 Å². The number of allylic oxidation sites excluding steroid dienone is 4. The molecule has 0 aromatic carbocycles. The summed E-state index contributed by atoms with van der Waals surface area (Å²) in [6.07, 6.45) is 3.57. The van der Waals surface area contributed by atoms with E-state index in [1.54, 1.807) is 77.0 Å². The third kappa shape index (κ3) is 9.96. The quantitative estimate of drug-likeness (QED) is 0.179. The molecule has 0 unspecified atom stereocenters. The lowest BCUT2D eigenvalue weighted by Gasteiger charge is -2.30. The molecular weight excluding hydrogens is 594 g/mol. The van der Waals surface area contributed by atoms with Crippen LogP contribution < -0.4 is 11.1 Å². The smallest absolute Gasteiger partial charge is 0.405 e. The fraction of sp³-hybridized carbons (Fsp3) is 0.545. The fourth-order valence-corrected chi connectivity index (χ4v) is 5.39. The predicted molar refractivity (Wildman–Crippen MR) is 174 cm³/mol. The number of ether oxygens (including phenoxy) is 3. The van der Waals surface area contributed by atoms with Crippen LogP contribution in [0.15, 0.2) is 63.5 Å². The van der Waals surface area contributed by atoms with Crippen molar-refractivity contribution in [3.63, 3.8) is 0 Å². The number of aliphatic hydroxyl groups is 1. The number of hydrogen-bond donors (Lipinski definition) is 3. The largest absolute Gasteiger partial charge is 0.439 e. The Morgan fingerprint density at radius 1 is 1.07 bits per heavy atom. The zero-order chi connectivity index (χ0) is 34.9. The maximum atomic E-state index is 13.9. The summed E-state index contributed by atoms with van der Waals surface area (Å²) in [6.45, 7) is 6.96. The third-order valence-corrected chi connectivity index (χ3v) is 7.78. The average Bonchev–Trinajstić information content (AvgIpc) is 2.97. The molecule has 13 nitrogen and oxygen atoms in total. The first-order chi connectivity index (χ1) is 21.5. The SMILES string of the molecule is CO[C@H]1/C=C\C=C(/C)C(=O)NC2=CC(=O)C(N=C(N(C)C)N(C)C)=C(C[C@@H](C)C[C@H](OC)[C@H](O)[C@@H](C)/C=C(\C)[C@@H]1OC(N)=O)C2=O. The minimum Gasteiger partial charge on any atom is -0.439 e. The van der Waals surface area contributed by atoms with Gasteiger partial charge in [-0.1, -0.05) is 38.2 Å². The number of ketones is 2. The lowest BCUT2D eigenvalue weighted by atomic mass is 9.85. The Morgan fingerprint density at radius 2 is 1.70 bits per heavy atom. The van der Waals surface area contributed by atoms with Crippen molar-refractivity contribution in [2.24, 2.45) is 22.6 Å². The zero-order valence-electron chi connectivity index (χ0n) is 28.5. The van der Waals surface area contributed by atoms with Gasteiger partial charge in [-0.05, 0) is 38.2 Å². The zero-order valence-corrected chi connectivity index (χ0v) is 28.5. The highest BCUT2D eigenvalue weighted by Gasteiger charge is 2.34. The van der Waals surface area contributed by atoms with Gasteiger partial charge in [0.1, 0.15) is 11.8 Å². The number of nitrogens with two attached hydrogens (primary N) is 1. The van der Waals surface area contributed by atoms with Gasteiger partial charge in [0.05, 0.1) is 17.9 Å². The lowest BCUT2D eigenvalue weighted by Crippen LogP contribution is -2.38. The third-order valence-electron chi connectivity index (χ3n) is 7.78. The van der Waals surface area contributed by atoms with E-state index in [4.69, 9.17) is 19.9 Å². The maximum Gasteiger partial charge on any atom is 0.405 e. The van der Waals surface area contributed by atoms with Crippen LogP contribution in [0.3, 0.4) is 0 Å². The maximum absolute atomic E-state index is 13.9. The molecule has 254 valence electrons. The van der Waals surface area contributed by atoms with E-state index in [0.29, 0.717) is 18.0 Å². The van der Waals surface area contributed by atoms with Crippen molar-refractivity contribution in [3.8, 4) is 0 Å². The van der Waals surface area contributed by atoms with Gasteiger partial charge in [0.2, 0.25) is 17.5 Å². The molecule has 0 saturated heterocycles. The lowest BCUT2D eigenvalue weighted by molar-refractivity contribution is -0.120. The fourth-order valence-electron chi connectivity index (χ4n) is 5.39. The number of primary amides is 1. The number of hydrogen-bond acceptors (Lipinski definition) is 9. The number of carbonyl (C=O) groups is 4. The highest BCUT2D eigenvalue weighted by molar-refractivity contribution is 6.24. The van der Waals surface area contributed by atoms with E-state index >= 15 is 0 Å². The Morgan fingerprint density at radius 3 is 2.24 bits per heavy atom. The molecule has 4 N–H and O–H groups in total. The van der Waals surface area contributed by atoms with Gasteiger partial charge in [0.15, 0.2) is 6.10 Å². The van der Waals surface area contributed by atoms with Gasteiger partial charge < -0.3 is 40.2 Å². The van der Waals surface area contributed by atoms with E-state index in [9.17, 15) is 24.3 Å². The van der Waals surface area contributed by atoms with Crippen LogP contribution in [0.1, 0.15) is 40.5 Å². The monoisotopic (exact) mass is 643 g/mol. The predicted octanol–water partition coefficient (Wildman–Crippen LogP) is 2.24. The summed E-state index contributed by atoms with van der Waals surface area (Å²) in [5.74, 6) is -1.91. The number of methoxy groups -OCH3 is 2. The van der Waals surface area contributed by atoms with Crippen LogP contribution in [-0.4, -0.2) is 111 Å². The number of nitrogens with one attached hydrogen (secondary N) is 1.